The van der Waals surface area contributed by atoms with Gasteiger partial charge in [-0.25, -0.2) is 4.98 Å². The van der Waals surface area contributed by atoms with Crippen LogP contribution in [0, 0.1) is 13.8 Å². The average molecular weight is 678 g/mol. The molecule has 1 aliphatic heterocycles. The van der Waals surface area contributed by atoms with Crippen LogP contribution in [-0.4, -0.2) is 84.4 Å². The predicted molar refractivity (Wildman–Crippen MR) is 168 cm³/mol. The highest BCUT2D eigenvalue weighted by Crippen LogP contribution is 2.30. The third kappa shape index (κ3) is 9.42. The first-order chi connectivity index (χ1) is 20.9. The van der Waals surface area contributed by atoms with Gasteiger partial charge in [0.15, 0.2) is 0 Å². The minimum atomic E-state index is -0.590. The van der Waals surface area contributed by atoms with Gasteiger partial charge in [-0.1, -0.05) is 45.4 Å². The topological polar surface area (TPSA) is 116 Å². The van der Waals surface area contributed by atoms with Gasteiger partial charge in [0.1, 0.15) is 17.7 Å². The van der Waals surface area contributed by atoms with E-state index < -0.39 is 12.0 Å². The average Bonchev–Trinajstić information content (AvgIpc) is 3.77. The number of rotatable bonds is 17. The summed E-state index contributed by atoms with van der Waals surface area (Å²) in [6.45, 7) is 9.19. The van der Waals surface area contributed by atoms with Crippen molar-refractivity contribution in [3.8, 4) is 10.4 Å². The van der Waals surface area contributed by atoms with Gasteiger partial charge in [-0.15, -0.1) is 11.3 Å². The molecule has 1 aliphatic rings. The van der Waals surface area contributed by atoms with Gasteiger partial charge in [0.25, 0.3) is 0 Å². The van der Waals surface area contributed by atoms with Crippen molar-refractivity contribution in [2.45, 2.75) is 58.0 Å². The van der Waals surface area contributed by atoms with Crippen LogP contribution in [0.15, 0.2) is 40.4 Å². The summed E-state index contributed by atoms with van der Waals surface area (Å²) in [6, 6.07) is 9.21. The number of hydrogen-bond donors (Lipinski definition) is 1. The van der Waals surface area contributed by atoms with Gasteiger partial charge >= 0.3 is 0 Å². The maximum atomic E-state index is 13.9. The molecule has 43 heavy (non-hydrogen) atoms. The fraction of sp³-hybridized carbons (Fsp3) is 0.548. The second-order valence-electron chi connectivity index (χ2n) is 10.5. The van der Waals surface area contributed by atoms with Crippen LogP contribution in [0.3, 0.4) is 0 Å². The first-order valence-electron chi connectivity index (χ1n) is 14.7. The molecule has 3 aromatic rings. The van der Waals surface area contributed by atoms with Crippen LogP contribution >= 0.6 is 27.3 Å². The number of ether oxygens (including phenoxy) is 3. The van der Waals surface area contributed by atoms with Crippen molar-refractivity contribution in [3.63, 3.8) is 0 Å². The van der Waals surface area contributed by atoms with E-state index in [9.17, 15) is 9.59 Å². The highest BCUT2D eigenvalue weighted by Gasteiger charge is 2.39. The number of amides is 2. The zero-order chi connectivity index (χ0) is 30.6. The van der Waals surface area contributed by atoms with Gasteiger partial charge in [-0.3, -0.25) is 9.59 Å². The Morgan fingerprint density at radius 2 is 1.79 bits per heavy atom. The second-order valence-corrected chi connectivity index (χ2v) is 12.2. The van der Waals surface area contributed by atoms with Crippen molar-refractivity contribution in [1.82, 2.24) is 20.4 Å². The number of carbonyl (C=O) groups is 2. The number of thiazole rings is 1. The van der Waals surface area contributed by atoms with E-state index in [1.165, 1.54) is 0 Å². The Morgan fingerprint density at radius 1 is 1.09 bits per heavy atom. The van der Waals surface area contributed by atoms with Gasteiger partial charge in [-0.05, 0) is 51.2 Å². The van der Waals surface area contributed by atoms with Crippen LogP contribution in [-0.2, 0) is 23.8 Å². The number of likely N-dealkylation sites (tertiary alicyclic amines) is 1. The zero-order valence-corrected chi connectivity index (χ0v) is 27.5. The molecule has 1 unspecified atom stereocenters. The number of aryl methyl sites for hydroxylation is 2. The molecular weight excluding hydrogens is 636 g/mol. The molecule has 4 rings (SSSR count). The SMILES string of the molecule is Cc1cc(C(CCOCCOCCOCCBr)C(=O)N2CCC[C@H]2C(=O)N[C@@H](C)c2ccc(-c3scnc3C)cc2)on1. The van der Waals surface area contributed by atoms with E-state index in [1.54, 1.807) is 22.3 Å². The number of nitrogens with zero attached hydrogens (tertiary/aromatic N) is 3. The maximum Gasteiger partial charge on any atom is 0.243 e. The van der Waals surface area contributed by atoms with Crippen LogP contribution in [0.4, 0.5) is 0 Å². The molecule has 0 aliphatic carbocycles. The van der Waals surface area contributed by atoms with E-state index in [2.05, 4.69) is 43.5 Å². The summed E-state index contributed by atoms with van der Waals surface area (Å²) in [4.78, 5) is 34.5. The number of halogens is 1. The molecule has 1 fully saturated rings. The molecule has 0 radical (unpaired) electrons. The third-order valence-electron chi connectivity index (χ3n) is 7.42. The minimum Gasteiger partial charge on any atom is -0.379 e. The summed E-state index contributed by atoms with van der Waals surface area (Å²) in [6.07, 6.45) is 1.79. The molecule has 1 N–H and O–H groups in total. The Kier molecular flexibility index (Phi) is 13.2. The molecule has 0 bridgehead atoms. The van der Waals surface area contributed by atoms with Crippen molar-refractivity contribution < 1.29 is 28.3 Å². The Hall–Kier alpha value is -2.64. The van der Waals surface area contributed by atoms with Crippen LogP contribution in [0.1, 0.15) is 60.9 Å². The number of nitrogens with one attached hydrogen (secondary N) is 1. The molecule has 1 aromatic carbocycles. The molecule has 0 saturated carbocycles. The summed E-state index contributed by atoms with van der Waals surface area (Å²) < 4.78 is 22.1. The predicted octanol–water partition coefficient (Wildman–Crippen LogP) is 5.20. The number of carbonyl (C=O) groups excluding carboxylic acids is 2. The molecule has 12 heteroatoms. The van der Waals surface area contributed by atoms with E-state index in [4.69, 9.17) is 18.7 Å². The normalized spacial score (nSPS) is 16.4. The van der Waals surface area contributed by atoms with Gasteiger partial charge in [0.2, 0.25) is 11.8 Å². The molecular formula is C31H41BrN4O6S. The standard InChI is InChI=1S/C31H41BrN4O6S/c1-21-19-28(42-35-21)26(10-13-39-15-17-41-18-16-40-14-11-32)31(38)36-12-4-5-27(36)30(37)34-22(2)24-6-8-25(9-7-24)29-23(3)33-20-43-29/h6-9,19-20,22,26-27H,4-5,10-18H2,1-3H3,(H,34,37)/t22-,26?,27-/m0/s1. The van der Waals surface area contributed by atoms with Crippen LogP contribution in [0.5, 0.6) is 0 Å². The Morgan fingerprint density at radius 3 is 2.42 bits per heavy atom. The van der Waals surface area contributed by atoms with E-state index in [-0.39, 0.29) is 17.9 Å². The first-order valence-corrected chi connectivity index (χ1v) is 16.7. The fourth-order valence-electron chi connectivity index (χ4n) is 5.13. The lowest BCUT2D eigenvalue weighted by atomic mass is 9.99. The second kappa shape index (κ2) is 17.0. The quantitative estimate of drug-likeness (QED) is 0.153. The molecule has 234 valence electrons. The summed E-state index contributed by atoms with van der Waals surface area (Å²) >= 11 is 4.93. The van der Waals surface area contributed by atoms with E-state index >= 15 is 0 Å². The zero-order valence-electron chi connectivity index (χ0n) is 25.1. The summed E-state index contributed by atoms with van der Waals surface area (Å²) in [5, 5.41) is 7.93. The van der Waals surface area contributed by atoms with E-state index in [1.807, 2.05) is 38.4 Å². The first kappa shape index (κ1) is 33.3. The molecule has 2 amide bonds. The lowest BCUT2D eigenvalue weighted by molar-refractivity contribution is -0.140. The Bertz CT molecular complexity index is 1300. The van der Waals surface area contributed by atoms with E-state index in [0.29, 0.717) is 70.5 Å². The van der Waals surface area contributed by atoms with Crippen molar-refractivity contribution >= 4 is 39.1 Å². The number of hydrogen-bond acceptors (Lipinski definition) is 9. The highest BCUT2D eigenvalue weighted by atomic mass is 79.9. The Balaban J connectivity index is 1.31. The lowest BCUT2D eigenvalue weighted by Crippen LogP contribution is -2.48. The smallest absolute Gasteiger partial charge is 0.243 e. The molecule has 0 spiro atoms. The van der Waals surface area contributed by atoms with Crippen molar-refractivity contribution in [3.05, 3.63) is 58.6 Å². The van der Waals surface area contributed by atoms with Crippen molar-refractivity contribution in [1.29, 1.82) is 0 Å². The summed E-state index contributed by atoms with van der Waals surface area (Å²) in [5.41, 5.74) is 5.66. The number of alkyl halides is 1. The summed E-state index contributed by atoms with van der Waals surface area (Å²) in [5.74, 6) is -0.397. The van der Waals surface area contributed by atoms with Crippen LogP contribution in [0.25, 0.3) is 10.4 Å². The molecule has 1 saturated heterocycles. The van der Waals surface area contributed by atoms with Crippen LogP contribution < -0.4 is 5.32 Å². The van der Waals surface area contributed by atoms with Gasteiger partial charge < -0.3 is 29.0 Å². The van der Waals surface area contributed by atoms with Gasteiger partial charge in [-0.2, -0.15) is 0 Å². The molecule has 3 atom stereocenters. The highest BCUT2D eigenvalue weighted by molar-refractivity contribution is 9.09. The minimum absolute atomic E-state index is 0.144. The number of benzene rings is 1. The molecule has 10 nitrogen and oxygen atoms in total. The van der Waals surface area contributed by atoms with Crippen LogP contribution in [0.2, 0.25) is 0 Å². The van der Waals surface area contributed by atoms with Gasteiger partial charge in [0.05, 0.1) is 60.9 Å². The van der Waals surface area contributed by atoms with Crippen molar-refractivity contribution in [2.24, 2.45) is 0 Å². The van der Waals surface area contributed by atoms with Crippen molar-refractivity contribution in [2.75, 3.05) is 51.5 Å². The Labute approximate surface area is 265 Å². The third-order valence-corrected chi connectivity index (χ3v) is 8.72. The van der Waals surface area contributed by atoms with E-state index in [0.717, 1.165) is 33.4 Å². The lowest BCUT2D eigenvalue weighted by Gasteiger charge is -2.28. The maximum absolute atomic E-state index is 13.9. The monoisotopic (exact) mass is 676 g/mol. The van der Waals surface area contributed by atoms with Gasteiger partial charge in [0, 0.05) is 24.5 Å². The molecule has 3 heterocycles. The number of aromatic nitrogens is 2. The summed E-state index contributed by atoms with van der Waals surface area (Å²) in [7, 11) is 0. The largest absolute Gasteiger partial charge is 0.379 e. The fourth-order valence-corrected chi connectivity index (χ4v) is 6.17. The molecule has 2 aromatic heterocycles.